The van der Waals surface area contributed by atoms with Crippen LogP contribution in [-0.4, -0.2) is 24.3 Å². The van der Waals surface area contributed by atoms with Crippen LogP contribution in [0.25, 0.3) is 0 Å². The first-order valence-corrected chi connectivity index (χ1v) is 6.57. The number of urea groups is 1. The molecule has 0 saturated carbocycles. The molecule has 0 heterocycles. The average molecular weight is 268 g/mol. The second-order valence-electron chi connectivity index (χ2n) is 4.51. The Hall–Kier alpha value is -1.62. The average Bonchev–Trinajstić information content (AvgIpc) is 2.39. The molecule has 0 aromatic heterocycles. The fourth-order valence-corrected chi connectivity index (χ4v) is 1.88. The van der Waals surface area contributed by atoms with Gasteiger partial charge in [-0.25, -0.2) is 9.18 Å². The zero-order chi connectivity index (χ0) is 14.1. The minimum Gasteiger partial charge on any atom is -0.396 e. The smallest absolute Gasteiger partial charge is 0.319 e. The summed E-state index contributed by atoms with van der Waals surface area (Å²) in [6.45, 7) is 2.73. The van der Waals surface area contributed by atoms with Crippen LogP contribution >= 0.6 is 0 Å². The Morgan fingerprint density at radius 1 is 1.32 bits per heavy atom. The van der Waals surface area contributed by atoms with Crippen molar-refractivity contribution in [3.8, 4) is 0 Å². The molecule has 1 aromatic carbocycles. The number of amides is 2. The minimum atomic E-state index is -0.336. The van der Waals surface area contributed by atoms with Crippen molar-refractivity contribution in [2.75, 3.05) is 18.5 Å². The van der Waals surface area contributed by atoms with Gasteiger partial charge in [0.2, 0.25) is 0 Å². The number of aliphatic hydroxyl groups is 1. The van der Waals surface area contributed by atoms with Gasteiger partial charge in [-0.3, -0.25) is 0 Å². The number of aliphatic hydroxyl groups excluding tert-OH is 1. The molecule has 0 fully saturated rings. The van der Waals surface area contributed by atoms with E-state index in [2.05, 4.69) is 17.6 Å². The van der Waals surface area contributed by atoms with Crippen molar-refractivity contribution >= 4 is 11.7 Å². The fourth-order valence-electron chi connectivity index (χ4n) is 1.88. The molecular weight excluding hydrogens is 247 g/mol. The third-order valence-electron chi connectivity index (χ3n) is 2.89. The summed E-state index contributed by atoms with van der Waals surface area (Å²) in [6.07, 6.45) is 2.67. The molecule has 0 saturated heterocycles. The quantitative estimate of drug-likeness (QED) is 0.712. The van der Waals surface area contributed by atoms with E-state index in [-0.39, 0.29) is 24.4 Å². The molecule has 0 aliphatic carbocycles. The maximum Gasteiger partial charge on any atom is 0.319 e. The number of anilines is 1. The first kappa shape index (κ1) is 15.4. The molecule has 4 nitrogen and oxygen atoms in total. The Kier molecular flexibility index (Phi) is 6.89. The number of benzene rings is 1. The van der Waals surface area contributed by atoms with Crippen molar-refractivity contribution < 1.29 is 14.3 Å². The Morgan fingerprint density at radius 3 is 2.58 bits per heavy atom. The van der Waals surface area contributed by atoms with Crippen molar-refractivity contribution in [1.29, 1.82) is 0 Å². The van der Waals surface area contributed by atoms with E-state index in [1.54, 1.807) is 0 Å². The fraction of sp³-hybridized carbons (Fsp3) is 0.500. The number of rotatable bonds is 7. The van der Waals surface area contributed by atoms with E-state index in [1.807, 2.05) is 0 Å². The molecule has 0 aliphatic heterocycles. The maximum atomic E-state index is 12.7. The predicted molar refractivity (Wildman–Crippen MR) is 73.5 cm³/mol. The van der Waals surface area contributed by atoms with Gasteiger partial charge in [0.15, 0.2) is 0 Å². The lowest BCUT2D eigenvalue weighted by molar-refractivity contribution is 0.237. The van der Waals surface area contributed by atoms with Crippen LogP contribution in [0, 0.1) is 11.7 Å². The van der Waals surface area contributed by atoms with Crippen molar-refractivity contribution in [1.82, 2.24) is 5.32 Å². The molecule has 0 spiro atoms. The summed E-state index contributed by atoms with van der Waals surface area (Å²) in [5, 5.41) is 14.3. The van der Waals surface area contributed by atoms with Gasteiger partial charge in [-0.15, -0.1) is 0 Å². The lowest BCUT2D eigenvalue weighted by Gasteiger charge is -2.16. The highest BCUT2D eigenvalue weighted by Gasteiger charge is 2.09. The van der Waals surface area contributed by atoms with Crippen LogP contribution in [-0.2, 0) is 0 Å². The molecule has 2 amide bonds. The van der Waals surface area contributed by atoms with Crippen LogP contribution in [0.4, 0.5) is 14.9 Å². The molecule has 106 valence electrons. The second-order valence-corrected chi connectivity index (χ2v) is 4.51. The monoisotopic (exact) mass is 268 g/mol. The summed E-state index contributed by atoms with van der Waals surface area (Å²) in [5.41, 5.74) is 0.549. The molecule has 5 heteroatoms. The Balaban J connectivity index is 2.35. The van der Waals surface area contributed by atoms with Gasteiger partial charge in [0, 0.05) is 18.8 Å². The summed E-state index contributed by atoms with van der Waals surface area (Å²) in [6, 6.07) is 5.28. The van der Waals surface area contributed by atoms with Crippen molar-refractivity contribution in [2.24, 2.45) is 5.92 Å². The molecule has 19 heavy (non-hydrogen) atoms. The zero-order valence-electron chi connectivity index (χ0n) is 11.2. The highest BCUT2D eigenvalue weighted by Crippen LogP contribution is 2.10. The highest BCUT2D eigenvalue weighted by molar-refractivity contribution is 5.89. The number of nitrogens with one attached hydrogen (secondary N) is 2. The van der Waals surface area contributed by atoms with E-state index < -0.39 is 0 Å². The van der Waals surface area contributed by atoms with Gasteiger partial charge in [0.25, 0.3) is 0 Å². The molecule has 0 bridgehead atoms. The van der Waals surface area contributed by atoms with Crippen LogP contribution < -0.4 is 10.6 Å². The highest BCUT2D eigenvalue weighted by atomic mass is 19.1. The van der Waals surface area contributed by atoms with Crippen LogP contribution in [0.3, 0.4) is 0 Å². The Bertz CT molecular complexity index is 376. The van der Waals surface area contributed by atoms with Crippen molar-refractivity contribution in [3.05, 3.63) is 30.1 Å². The third-order valence-corrected chi connectivity index (χ3v) is 2.89. The number of hydrogen-bond acceptors (Lipinski definition) is 2. The van der Waals surface area contributed by atoms with Crippen LogP contribution in [0.15, 0.2) is 24.3 Å². The molecule has 1 unspecified atom stereocenters. The lowest BCUT2D eigenvalue weighted by atomic mass is 10.0. The summed E-state index contributed by atoms with van der Waals surface area (Å²) in [4.78, 5) is 11.6. The third kappa shape index (κ3) is 6.20. The maximum absolute atomic E-state index is 12.7. The SMILES string of the molecule is CCCC(CCO)CNC(=O)Nc1ccc(F)cc1. The normalized spacial score (nSPS) is 11.9. The van der Waals surface area contributed by atoms with Gasteiger partial charge in [0.05, 0.1) is 0 Å². The number of carbonyl (C=O) groups is 1. The molecule has 1 rings (SSSR count). The summed E-state index contributed by atoms with van der Waals surface area (Å²) in [5.74, 6) is -0.0501. The van der Waals surface area contributed by atoms with Crippen LogP contribution in [0.1, 0.15) is 26.2 Å². The molecule has 3 N–H and O–H groups in total. The van der Waals surface area contributed by atoms with E-state index >= 15 is 0 Å². The molecule has 1 aromatic rings. The van der Waals surface area contributed by atoms with Crippen LogP contribution in [0.5, 0.6) is 0 Å². The topological polar surface area (TPSA) is 61.4 Å². The van der Waals surface area contributed by atoms with E-state index in [9.17, 15) is 9.18 Å². The van der Waals surface area contributed by atoms with Gasteiger partial charge < -0.3 is 15.7 Å². The standard InChI is InChI=1S/C14H21FN2O2/c1-2-3-11(8-9-18)10-16-14(19)17-13-6-4-12(15)5-7-13/h4-7,11,18H,2-3,8-10H2,1H3,(H2,16,17,19). The van der Waals surface area contributed by atoms with Crippen molar-refractivity contribution in [3.63, 3.8) is 0 Å². The van der Waals surface area contributed by atoms with E-state index in [1.165, 1.54) is 24.3 Å². The molecule has 1 atom stereocenters. The van der Waals surface area contributed by atoms with Gasteiger partial charge in [-0.1, -0.05) is 13.3 Å². The van der Waals surface area contributed by atoms with E-state index in [0.717, 1.165) is 12.8 Å². The predicted octanol–water partition coefficient (Wildman–Crippen LogP) is 2.75. The first-order valence-electron chi connectivity index (χ1n) is 6.57. The number of hydrogen-bond donors (Lipinski definition) is 3. The van der Waals surface area contributed by atoms with Crippen molar-refractivity contribution in [2.45, 2.75) is 26.2 Å². The molecule has 0 radical (unpaired) electrons. The van der Waals surface area contributed by atoms with E-state index in [0.29, 0.717) is 18.7 Å². The first-order chi connectivity index (χ1) is 9.15. The molecule has 0 aliphatic rings. The van der Waals surface area contributed by atoms with Crippen LogP contribution in [0.2, 0.25) is 0 Å². The Morgan fingerprint density at radius 2 is 2.00 bits per heavy atom. The summed E-state index contributed by atoms with van der Waals surface area (Å²) >= 11 is 0. The Labute approximate surface area is 113 Å². The van der Waals surface area contributed by atoms with Gasteiger partial charge in [0.1, 0.15) is 5.82 Å². The van der Waals surface area contributed by atoms with Gasteiger partial charge in [-0.05, 0) is 43.0 Å². The van der Waals surface area contributed by atoms with Gasteiger partial charge >= 0.3 is 6.03 Å². The van der Waals surface area contributed by atoms with Gasteiger partial charge in [-0.2, -0.15) is 0 Å². The number of carbonyl (C=O) groups excluding carboxylic acids is 1. The largest absolute Gasteiger partial charge is 0.396 e. The lowest BCUT2D eigenvalue weighted by Crippen LogP contribution is -2.33. The summed E-state index contributed by atoms with van der Waals surface area (Å²) < 4.78 is 12.7. The molecular formula is C14H21FN2O2. The van der Waals surface area contributed by atoms with E-state index in [4.69, 9.17) is 5.11 Å². The second kappa shape index (κ2) is 8.48. The number of halogens is 1. The summed E-state index contributed by atoms with van der Waals surface area (Å²) in [7, 11) is 0. The zero-order valence-corrected chi connectivity index (χ0v) is 11.2. The minimum absolute atomic E-state index is 0.131.